The van der Waals surface area contributed by atoms with Gasteiger partial charge in [0, 0.05) is 46.6 Å². The molecule has 62 heavy (non-hydrogen) atoms. The lowest BCUT2D eigenvalue weighted by atomic mass is 9.91. The molecule has 0 amide bonds. The molecule has 328 valence electrons. The van der Waals surface area contributed by atoms with E-state index in [2.05, 4.69) is 56.3 Å². The third-order valence-electron chi connectivity index (χ3n) is 10.8. The maximum atomic E-state index is 6.24. The Morgan fingerprint density at radius 2 is 0.919 bits per heavy atom. The number of rotatable bonds is 6. The molecule has 2 atom stereocenters. The van der Waals surface area contributed by atoms with Crippen LogP contribution in [0.2, 0.25) is 0 Å². The van der Waals surface area contributed by atoms with Gasteiger partial charge in [0.05, 0.1) is 88.5 Å². The summed E-state index contributed by atoms with van der Waals surface area (Å²) < 4.78 is 53.0. The smallest absolute Gasteiger partial charge is 0.126 e. The standard InChI is InChI=1S/C50H59N3O9/c1-36-17-20-58-42-11-5-38(6-12-42)47-15-9-40-3-4-41-10-16-48(53-50(41)49(40)52-47)39-7-13-43(14-8-39)60-30-28-56-25-23-55-24-26-57-29-32-62-46-34-44(59-21-18-37(36)2)33-45(35-46)61-31-27-54-22-19-51/h3-16,33-37H,17-32,51H2,1-2H3. The van der Waals surface area contributed by atoms with E-state index in [0.717, 1.165) is 68.7 Å². The Morgan fingerprint density at radius 1 is 0.484 bits per heavy atom. The Morgan fingerprint density at radius 3 is 1.42 bits per heavy atom. The van der Waals surface area contributed by atoms with E-state index in [-0.39, 0.29) is 0 Å². The zero-order valence-corrected chi connectivity index (χ0v) is 35.9. The normalized spacial score (nSPS) is 17.8. The topological polar surface area (TPSA) is 135 Å². The minimum atomic E-state index is 0.365. The minimum absolute atomic E-state index is 0.365. The van der Waals surface area contributed by atoms with Gasteiger partial charge in [0.2, 0.25) is 0 Å². The van der Waals surface area contributed by atoms with E-state index < -0.39 is 0 Å². The van der Waals surface area contributed by atoms with E-state index in [4.69, 9.17) is 58.3 Å². The van der Waals surface area contributed by atoms with Crippen LogP contribution in [0.5, 0.6) is 28.7 Å². The molecule has 4 aromatic carbocycles. The number of ether oxygens (including phenoxy) is 9. The average molecular weight is 846 g/mol. The number of aromatic nitrogens is 2. The molecule has 3 aliphatic rings. The van der Waals surface area contributed by atoms with E-state index in [1.54, 1.807) is 0 Å². The molecule has 2 unspecified atom stereocenters. The maximum absolute atomic E-state index is 6.24. The predicted octanol–water partition coefficient (Wildman–Crippen LogP) is 8.80. The van der Waals surface area contributed by atoms with Crippen molar-refractivity contribution < 1.29 is 42.6 Å². The lowest BCUT2D eigenvalue weighted by molar-refractivity contribution is 0.00497. The molecule has 12 nitrogen and oxygen atoms in total. The average Bonchev–Trinajstić information content (AvgIpc) is 3.30. The largest absolute Gasteiger partial charge is 0.494 e. The Balaban J connectivity index is 1.00. The summed E-state index contributed by atoms with van der Waals surface area (Å²) in [4.78, 5) is 10.2. The van der Waals surface area contributed by atoms with Crippen molar-refractivity contribution in [2.75, 3.05) is 92.4 Å². The Bertz CT molecular complexity index is 2270. The van der Waals surface area contributed by atoms with Gasteiger partial charge >= 0.3 is 0 Å². The molecule has 0 fully saturated rings. The SMILES string of the molecule is CC1CCOc2ccc(cc2)-c2ccc3ccc4ccc(nc4c3n2)-c2ccc(cc2)OCCOCCOCCOCCOc2cc(OCCOCCN)cc(c2)OCCC1C. The summed E-state index contributed by atoms with van der Waals surface area (Å²) >= 11 is 0. The molecule has 0 saturated carbocycles. The number of nitrogens with zero attached hydrogens (tertiary/aromatic N) is 2. The summed E-state index contributed by atoms with van der Waals surface area (Å²) in [6, 6.07) is 34.3. The lowest BCUT2D eigenvalue weighted by Crippen LogP contribution is -2.15. The van der Waals surface area contributed by atoms with Crippen LogP contribution >= 0.6 is 0 Å². The monoisotopic (exact) mass is 845 g/mol. The van der Waals surface area contributed by atoms with Gasteiger partial charge in [-0.1, -0.05) is 38.1 Å². The molecule has 0 spiro atoms. The maximum Gasteiger partial charge on any atom is 0.126 e. The molecular weight excluding hydrogens is 787 g/mol. The third kappa shape index (κ3) is 13.3. The summed E-state index contributed by atoms with van der Waals surface area (Å²) in [7, 11) is 0. The highest BCUT2D eigenvalue weighted by atomic mass is 16.6. The molecule has 2 N–H and O–H groups in total. The summed E-state index contributed by atoms with van der Waals surface area (Å²) in [6.07, 6.45) is 1.81. The van der Waals surface area contributed by atoms with Gasteiger partial charge in [0.25, 0.3) is 0 Å². The fraction of sp³-hybridized carbons (Fsp3) is 0.400. The van der Waals surface area contributed by atoms with Crippen LogP contribution in [0.3, 0.4) is 0 Å². The van der Waals surface area contributed by atoms with Crippen molar-refractivity contribution in [2.24, 2.45) is 17.6 Å². The Labute approximate surface area is 364 Å². The van der Waals surface area contributed by atoms with E-state index in [9.17, 15) is 0 Å². The van der Waals surface area contributed by atoms with E-state index in [1.807, 2.05) is 60.7 Å². The zero-order valence-electron chi connectivity index (χ0n) is 35.9. The molecular formula is C50H59N3O9. The first-order valence-electron chi connectivity index (χ1n) is 21.7. The molecule has 2 aromatic heterocycles. The van der Waals surface area contributed by atoms with Crippen LogP contribution in [0, 0.1) is 11.8 Å². The highest BCUT2D eigenvalue weighted by molar-refractivity contribution is 6.04. The Kier molecular flexibility index (Phi) is 17.0. The lowest BCUT2D eigenvalue weighted by Gasteiger charge is -2.20. The third-order valence-corrected chi connectivity index (χ3v) is 10.8. The van der Waals surface area contributed by atoms with Crippen LogP contribution < -0.4 is 29.4 Å². The molecule has 0 saturated heterocycles. The van der Waals surface area contributed by atoms with Crippen molar-refractivity contribution in [3.63, 3.8) is 0 Å². The fourth-order valence-electron chi connectivity index (χ4n) is 7.01. The predicted molar refractivity (Wildman–Crippen MR) is 242 cm³/mol. The van der Waals surface area contributed by atoms with Crippen LogP contribution in [-0.2, 0) is 18.9 Å². The van der Waals surface area contributed by atoms with Crippen LogP contribution in [-0.4, -0.2) is 102 Å². The minimum Gasteiger partial charge on any atom is -0.494 e. The van der Waals surface area contributed by atoms with Crippen LogP contribution in [0.4, 0.5) is 0 Å². The van der Waals surface area contributed by atoms with E-state index in [1.165, 1.54) is 0 Å². The van der Waals surface area contributed by atoms with Crippen molar-refractivity contribution in [3.05, 3.63) is 103 Å². The zero-order chi connectivity index (χ0) is 42.8. The first-order valence-corrected chi connectivity index (χ1v) is 21.7. The van der Waals surface area contributed by atoms with Gasteiger partial charge in [-0.2, -0.15) is 0 Å². The summed E-state index contributed by atoms with van der Waals surface area (Å²) in [5.74, 6) is 4.42. The van der Waals surface area contributed by atoms with Crippen molar-refractivity contribution in [1.29, 1.82) is 0 Å². The molecule has 5 heterocycles. The first-order chi connectivity index (χ1) is 30.5. The van der Waals surface area contributed by atoms with Gasteiger partial charge in [0.1, 0.15) is 48.6 Å². The molecule has 0 aliphatic carbocycles. The van der Waals surface area contributed by atoms with Gasteiger partial charge in [-0.3, -0.25) is 0 Å². The van der Waals surface area contributed by atoms with E-state index in [0.29, 0.717) is 122 Å². The Hall–Kier alpha value is -5.50. The van der Waals surface area contributed by atoms with Gasteiger partial charge in [-0.05, 0) is 85.3 Å². The summed E-state index contributed by atoms with van der Waals surface area (Å²) in [5.41, 5.74) is 11.0. The summed E-state index contributed by atoms with van der Waals surface area (Å²) in [5, 5.41) is 2.08. The van der Waals surface area contributed by atoms with E-state index >= 15 is 0 Å². The van der Waals surface area contributed by atoms with Gasteiger partial charge in [-0.25, -0.2) is 9.97 Å². The van der Waals surface area contributed by atoms with Crippen LogP contribution in [0.1, 0.15) is 26.7 Å². The van der Waals surface area contributed by atoms with Crippen molar-refractivity contribution in [3.8, 4) is 51.3 Å². The summed E-state index contributed by atoms with van der Waals surface area (Å²) in [6.45, 7) is 11.0. The van der Waals surface area contributed by atoms with Crippen LogP contribution in [0.25, 0.3) is 44.3 Å². The van der Waals surface area contributed by atoms with Crippen molar-refractivity contribution >= 4 is 21.8 Å². The number of hydrogen-bond acceptors (Lipinski definition) is 12. The van der Waals surface area contributed by atoms with Crippen LogP contribution in [0.15, 0.2) is 103 Å². The van der Waals surface area contributed by atoms with Crippen molar-refractivity contribution in [1.82, 2.24) is 9.97 Å². The van der Waals surface area contributed by atoms with Crippen molar-refractivity contribution in [2.45, 2.75) is 26.7 Å². The quantitative estimate of drug-likeness (QED) is 0.127. The number of hydrogen-bond donors (Lipinski definition) is 1. The number of benzene rings is 4. The highest BCUT2D eigenvalue weighted by Gasteiger charge is 2.15. The molecule has 12 heteroatoms. The fourth-order valence-corrected chi connectivity index (χ4v) is 7.01. The molecule has 3 aliphatic heterocycles. The molecule has 6 aromatic rings. The molecule has 10 bridgehead atoms. The number of fused-ring (bicyclic) bond motifs is 2. The second-order valence-electron chi connectivity index (χ2n) is 15.3. The van der Waals surface area contributed by atoms with Gasteiger partial charge < -0.3 is 48.4 Å². The number of nitrogens with two attached hydrogens (primary N) is 1. The van der Waals surface area contributed by atoms with Gasteiger partial charge in [-0.15, -0.1) is 0 Å². The first kappa shape index (κ1) is 44.6. The second kappa shape index (κ2) is 23.6. The molecule has 9 rings (SSSR count). The molecule has 0 radical (unpaired) electrons. The second-order valence-corrected chi connectivity index (χ2v) is 15.3. The number of pyridine rings is 2. The highest BCUT2D eigenvalue weighted by Crippen LogP contribution is 2.31. The van der Waals surface area contributed by atoms with Gasteiger partial charge in [0.15, 0.2) is 0 Å².